The fourth-order valence-electron chi connectivity index (χ4n) is 12.6. The fraction of sp³-hybridized carbons (Fsp3) is 0.985. The van der Waals surface area contributed by atoms with Gasteiger partial charge < -0.3 is 89.9 Å². The van der Waals surface area contributed by atoms with Gasteiger partial charge in [-0.2, -0.15) is 0 Å². The lowest BCUT2D eigenvalue weighted by atomic mass is 9.96. The Kier molecular flexibility index (Phi) is 47.1. The van der Waals surface area contributed by atoms with Crippen molar-refractivity contribution in [1.29, 1.82) is 0 Å². The zero-order chi connectivity index (χ0) is 63.3. The lowest BCUT2D eigenvalue weighted by Gasteiger charge is -2.48. The van der Waals surface area contributed by atoms with E-state index >= 15 is 0 Å². The van der Waals surface area contributed by atoms with Crippen molar-refractivity contribution in [1.82, 2.24) is 5.32 Å². The van der Waals surface area contributed by atoms with Crippen molar-refractivity contribution >= 4 is 5.91 Å². The predicted molar refractivity (Wildman–Crippen MR) is 337 cm³/mol. The Hall–Kier alpha value is -1.21. The summed E-state index contributed by atoms with van der Waals surface area (Å²) >= 11 is 0. The summed E-state index contributed by atoms with van der Waals surface area (Å²) < 4.78 is 34.3. The highest BCUT2D eigenvalue weighted by Gasteiger charge is 2.53. The van der Waals surface area contributed by atoms with Crippen LogP contribution in [0.5, 0.6) is 0 Å². The number of hydrogen-bond donors (Lipinski definition) is 12. The molecular formula is C68H131NO18. The summed E-state index contributed by atoms with van der Waals surface area (Å²) in [7, 11) is 0. The summed E-state index contributed by atoms with van der Waals surface area (Å²) in [6.45, 7) is 1.78. The Morgan fingerprint density at radius 2 is 0.655 bits per heavy atom. The van der Waals surface area contributed by atoms with Crippen molar-refractivity contribution in [3.8, 4) is 0 Å². The summed E-state index contributed by atoms with van der Waals surface area (Å²) in [4.78, 5) is 13.3. The van der Waals surface area contributed by atoms with Gasteiger partial charge in [-0.15, -0.1) is 0 Å². The second-order valence-electron chi connectivity index (χ2n) is 26.1. The van der Waals surface area contributed by atoms with Crippen LogP contribution in [-0.2, 0) is 33.2 Å². The molecule has 3 rings (SSSR count). The number of amides is 1. The molecule has 3 aliphatic heterocycles. The minimum Gasteiger partial charge on any atom is -0.394 e. The van der Waals surface area contributed by atoms with Gasteiger partial charge in [-0.05, 0) is 12.8 Å². The van der Waals surface area contributed by atoms with Crippen LogP contribution in [0.1, 0.15) is 296 Å². The van der Waals surface area contributed by atoms with Gasteiger partial charge in [-0.25, -0.2) is 0 Å². The highest BCUT2D eigenvalue weighted by atomic mass is 16.8. The molecule has 0 aromatic heterocycles. The lowest BCUT2D eigenvalue weighted by molar-refractivity contribution is -0.379. The maximum Gasteiger partial charge on any atom is 0.220 e. The molecule has 0 aliphatic carbocycles. The van der Waals surface area contributed by atoms with E-state index in [-0.39, 0.29) is 18.9 Å². The third kappa shape index (κ3) is 33.5. The molecule has 19 nitrogen and oxygen atoms in total. The van der Waals surface area contributed by atoms with Crippen LogP contribution < -0.4 is 5.32 Å². The van der Waals surface area contributed by atoms with Crippen LogP contribution in [0.4, 0.5) is 0 Å². The molecule has 0 saturated carbocycles. The first kappa shape index (κ1) is 80.0. The molecule has 0 bridgehead atoms. The second kappa shape index (κ2) is 51.2. The van der Waals surface area contributed by atoms with Gasteiger partial charge in [0.2, 0.25) is 5.91 Å². The van der Waals surface area contributed by atoms with E-state index in [2.05, 4.69) is 19.2 Å². The number of ether oxygens (including phenoxy) is 6. The Bertz CT molecular complexity index is 1590. The van der Waals surface area contributed by atoms with Crippen LogP contribution in [0.2, 0.25) is 0 Å². The Balaban J connectivity index is 1.28. The molecule has 87 heavy (non-hydrogen) atoms. The van der Waals surface area contributed by atoms with Gasteiger partial charge in [0.05, 0.1) is 38.6 Å². The lowest BCUT2D eigenvalue weighted by Crippen LogP contribution is -2.66. The molecule has 0 spiro atoms. The zero-order valence-electron chi connectivity index (χ0n) is 54.5. The number of carbonyl (C=O) groups excluding carboxylic acids is 1. The summed E-state index contributed by atoms with van der Waals surface area (Å²) in [5, 5.41) is 120. The number of hydrogen-bond acceptors (Lipinski definition) is 18. The summed E-state index contributed by atoms with van der Waals surface area (Å²) in [6, 6.07) is -0.879. The van der Waals surface area contributed by atoms with Crippen molar-refractivity contribution in [2.75, 3.05) is 26.4 Å². The minimum atomic E-state index is -1.97. The topological polar surface area (TPSA) is 307 Å². The molecule has 1 amide bonds. The van der Waals surface area contributed by atoms with E-state index < -0.39 is 124 Å². The van der Waals surface area contributed by atoms with E-state index in [4.69, 9.17) is 28.4 Å². The maximum absolute atomic E-state index is 13.3. The normalized spacial score (nSPS) is 28.5. The SMILES string of the molecule is CCCCCCCCCCCCCCCCCCCCCCCCCCCCCCCCCCCCC(=O)NC(COC1OC(CO)C(OC2OC(CO)C(OC3OC(CO)C(O)C(O)C3O)C(O)C2O)C(O)C1O)C(O)CCCCCCCCCC. The highest BCUT2D eigenvalue weighted by molar-refractivity contribution is 5.76. The van der Waals surface area contributed by atoms with Gasteiger partial charge in [0.15, 0.2) is 18.9 Å². The van der Waals surface area contributed by atoms with E-state index in [9.17, 15) is 61.0 Å². The zero-order valence-corrected chi connectivity index (χ0v) is 54.5. The van der Waals surface area contributed by atoms with Gasteiger partial charge >= 0.3 is 0 Å². The van der Waals surface area contributed by atoms with Crippen LogP contribution in [0, 0.1) is 0 Å². The monoisotopic (exact) mass is 1250 g/mol. The molecule has 12 N–H and O–H groups in total. The van der Waals surface area contributed by atoms with Crippen molar-refractivity contribution in [2.24, 2.45) is 0 Å². The van der Waals surface area contributed by atoms with Gasteiger partial charge in [-0.1, -0.05) is 277 Å². The Labute approximate surface area is 525 Å². The van der Waals surface area contributed by atoms with E-state index in [0.29, 0.717) is 12.8 Å². The molecular weight excluding hydrogens is 1120 g/mol. The first-order valence-electron chi connectivity index (χ1n) is 35.8. The molecule has 19 heteroatoms. The third-order valence-electron chi connectivity index (χ3n) is 18.4. The molecule has 3 aliphatic rings. The summed E-state index contributed by atoms with van der Waals surface area (Å²) in [5.41, 5.74) is 0. The molecule has 516 valence electrons. The number of aliphatic hydroxyl groups is 11. The molecule has 0 aromatic carbocycles. The smallest absolute Gasteiger partial charge is 0.220 e. The van der Waals surface area contributed by atoms with Crippen LogP contribution >= 0.6 is 0 Å². The third-order valence-corrected chi connectivity index (χ3v) is 18.4. The van der Waals surface area contributed by atoms with Crippen LogP contribution in [0.15, 0.2) is 0 Å². The number of rotatable bonds is 56. The molecule has 0 aromatic rings. The highest BCUT2D eigenvalue weighted by Crippen LogP contribution is 2.33. The Morgan fingerprint density at radius 3 is 1.00 bits per heavy atom. The van der Waals surface area contributed by atoms with Crippen LogP contribution in [0.3, 0.4) is 0 Å². The average molecular weight is 1250 g/mol. The van der Waals surface area contributed by atoms with Crippen LogP contribution in [-0.4, -0.2) is 193 Å². The average Bonchev–Trinajstić information content (AvgIpc) is 2.04. The van der Waals surface area contributed by atoms with Crippen molar-refractivity contribution in [3.63, 3.8) is 0 Å². The van der Waals surface area contributed by atoms with E-state index in [1.165, 1.54) is 218 Å². The van der Waals surface area contributed by atoms with Gasteiger partial charge in [0, 0.05) is 6.42 Å². The molecule has 3 fully saturated rings. The molecule has 17 unspecified atom stereocenters. The first-order chi connectivity index (χ1) is 42.3. The fourth-order valence-corrected chi connectivity index (χ4v) is 12.6. The number of nitrogens with one attached hydrogen (secondary N) is 1. The van der Waals surface area contributed by atoms with Crippen LogP contribution in [0.25, 0.3) is 0 Å². The molecule has 3 heterocycles. The second-order valence-corrected chi connectivity index (χ2v) is 26.1. The van der Waals surface area contributed by atoms with E-state index in [1.54, 1.807) is 0 Å². The van der Waals surface area contributed by atoms with E-state index in [0.717, 1.165) is 44.9 Å². The largest absolute Gasteiger partial charge is 0.394 e. The standard InChI is InChI=1S/C68H131NO18/c1-3-5-7-9-11-13-14-15-16-17-18-19-20-21-22-23-24-25-26-27-28-29-30-31-32-33-34-35-36-37-38-40-42-44-46-56(74)69-51(52(73)45-43-41-39-12-10-8-6-4-2)50-82-66-62(80)59(77)64(54(48-71)84-66)87-68-63(81)60(78)65(55(49-72)85-68)86-67-61(79)58(76)57(75)53(47-70)83-67/h51-55,57-68,70-73,75-81H,3-50H2,1-2H3,(H,69,74). The Morgan fingerprint density at radius 1 is 0.368 bits per heavy atom. The van der Waals surface area contributed by atoms with Gasteiger partial charge in [-0.3, -0.25) is 4.79 Å². The quantitative estimate of drug-likeness (QED) is 0.0252. The maximum atomic E-state index is 13.3. The molecule has 0 radical (unpaired) electrons. The first-order valence-corrected chi connectivity index (χ1v) is 35.8. The summed E-state index contributed by atoms with van der Waals surface area (Å²) in [6.07, 6.45) is 28.3. The number of aliphatic hydroxyl groups excluding tert-OH is 11. The van der Waals surface area contributed by atoms with Crippen molar-refractivity contribution in [2.45, 2.75) is 401 Å². The predicted octanol–water partition coefficient (Wildman–Crippen LogP) is 9.50. The summed E-state index contributed by atoms with van der Waals surface area (Å²) in [5.74, 6) is -0.239. The van der Waals surface area contributed by atoms with E-state index in [1.807, 2.05) is 0 Å². The minimum absolute atomic E-state index is 0.239. The van der Waals surface area contributed by atoms with Crippen molar-refractivity contribution in [3.05, 3.63) is 0 Å². The van der Waals surface area contributed by atoms with Crippen molar-refractivity contribution < 1.29 is 89.4 Å². The number of unbranched alkanes of at least 4 members (excludes halogenated alkanes) is 40. The van der Waals surface area contributed by atoms with Gasteiger partial charge in [0.25, 0.3) is 0 Å². The molecule has 17 atom stereocenters. The van der Waals surface area contributed by atoms with Gasteiger partial charge in [0.1, 0.15) is 73.2 Å². The number of carbonyl (C=O) groups is 1. The molecule has 3 saturated heterocycles.